The van der Waals surface area contributed by atoms with Gasteiger partial charge in [0, 0.05) is 10.9 Å². The number of methoxy groups -OCH3 is 1. The molecule has 0 aliphatic carbocycles. The smallest absolute Gasteiger partial charge is 0.252 e. The van der Waals surface area contributed by atoms with Gasteiger partial charge in [0.15, 0.2) is 11.5 Å². The van der Waals surface area contributed by atoms with Crippen LogP contribution in [0, 0.1) is 0 Å². The Bertz CT molecular complexity index is 1120. The lowest BCUT2D eigenvalue weighted by atomic mass is 9.84. The number of amides is 1. The number of ether oxygens (including phenoxy) is 2. The Morgan fingerprint density at radius 2 is 1.62 bits per heavy atom. The number of thiazole rings is 1. The van der Waals surface area contributed by atoms with Crippen LogP contribution in [-0.4, -0.2) is 18.0 Å². The Labute approximate surface area is 191 Å². The zero-order valence-corrected chi connectivity index (χ0v) is 18.8. The van der Waals surface area contributed by atoms with Gasteiger partial charge in [-0.2, -0.15) is 0 Å². The molecule has 0 saturated heterocycles. The van der Waals surface area contributed by atoms with E-state index in [1.165, 1.54) is 11.3 Å². The van der Waals surface area contributed by atoms with Crippen LogP contribution >= 0.6 is 11.3 Å². The topological polar surface area (TPSA) is 60.5 Å². The molecular weight excluding hydrogens is 420 g/mol. The van der Waals surface area contributed by atoms with E-state index >= 15 is 0 Å². The van der Waals surface area contributed by atoms with E-state index in [4.69, 9.17) is 9.47 Å². The van der Waals surface area contributed by atoms with Gasteiger partial charge in [0.2, 0.25) is 0 Å². The van der Waals surface area contributed by atoms with Gasteiger partial charge < -0.3 is 14.8 Å². The molecular formula is C26H24N2O3S. The second-order valence-electron chi connectivity index (χ2n) is 7.45. The molecule has 6 heteroatoms. The van der Waals surface area contributed by atoms with Crippen LogP contribution in [0.15, 0.2) is 89.8 Å². The molecule has 0 atom stereocenters. The largest absolute Gasteiger partial charge is 0.493 e. The number of rotatable bonds is 8. The van der Waals surface area contributed by atoms with Crippen molar-refractivity contribution in [2.24, 2.45) is 0 Å². The van der Waals surface area contributed by atoms with Crippen molar-refractivity contribution in [3.8, 4) is 11.5 Å². The van der Waals surface area contributed by atoms with Crippen LogP contribution in [0.1, 0.15) is 34.1 Å². The summed E-state index contributed by atoms with van der Waals surface area (Å²) in [7, 11) is 1.56. The van der Waals surface area contributed by atoms with Crippen LogP contribution in [0.5, 0.6) is 11.5 Å². The molecule has 1 aromatic heterocycles. The molecule has 0 aliphatic rings. The van der Waals surface area contributed by atoms with E-state index in [9.17, 15) is 4.79 Å². The van der Waals surface area contributed by atoms with Gasteiger partial charge in [0.05, 0.1) is 23.9 Å². The molecule has 0 spiro atoms. The lowest BCUT2D eigenvalue weighted by molar-refractivity contribution is 0.0918. The van der Waals surface area contributed by atoms with Crippen molar-refractivity contribution < 1.29 is 14.3 Å². The van der Waals surface area contributed by atoms with Crippen LogP contribution in [0.2, 0.25) is 0 Å². The summed E-state index contributed by atoms with van der Waals surface area (Å²) in [6.45, 7) is 2.35. The highest BCUT2D eigenvalue weighted by atomic mass is 32.1. The first-order valence-corrected chi connectivity index (χ1v) is 11.2. The molecule has 1 heterocycles. The molecule has 0 saturated carbocycles. The van der Waals surface area contributed by atoms with Gasteiger partial charge in [-0.1, -0.05) is 60.7 Å². The van der Waals surface area contributed by atoms with Crippen molar-refractivity contribution in [1.29, 1.82) is 0 Å². The summed E-state index contributed by atoms with van der Waals surface area (Å²) in [4.78, 5) is 17.5. The maximum atomic E-state index is 13.3. The van der Waals surface area contributed by atoms with Crippen LogP contribution in [0.25, 0.3) is 0 Å². The van der Waals surface area contributed by atoms with Crippen molar-refractivity contribution in [2.45, 2.75) is 19.1 Å². The quantitative estimate of drug-likeness (QED) is 0.394. The molecule has 1 N–H and O–H groups in total. The lowest BCUT2D eigenvalue weighted by Crippen LogP contribution is -2.44. The number of carbonyl (C=O) groups excluding carboxylic acids is 1. The van der Waals surface area contributed by atoms with Crippen LogP contribution < -0.4 is 14.8 Å². The molecule has 32 heavy (non-hydrogen) atoms. The summed E-state index contributed by atoms with van der Waals surface area (Å²) < 4.78 is 11.3. The predicted octanol–water partition coefficient (Wildman–Crippen LogP) is 5.42. The zero-order chi connectivity index (χ0) is 22.4. The Hall–Kier alpha value is -3.64. The van der Waals surface area contributed by atoms with Crippen molar-refractivity contribution in [3.63, 3.8) is 0 Å². The first kappa shape index (κ1) is 21.6. The fraction of sp³-hybridized carbons (Fsp3) is 0.154. The van der Waals surface area contributed by atoms with Gasteiger partial charge in [-0.3, -0.25) is 4.79 Å². The van der Waals surface area contributed by atoms with Crippen LogP contribution in [-0.2, 0) is 12.1 Å². The standard InChI is InChI=1S/C26H24N2O3S/c1-26(20-9-5-3-6-10-20,21-11-7-4-8-12-21)28-25(29)19-13-14-23(24(15-19)30-2)31-16-22-17-32-18-27-22/h3-15,17-18H,16H2,1-2H3,(H,28,29). The summed E-state index contributed by atoms with van der Waals surface area (Å²) in [5, 5.41) is 5.16. The van der Waals surface area contributed by atoms with Gasteiger partial charge >= 0.3 is 0 Å². The van der Waals surface area contributed by atoms with Crippen molar-refractivity contribution in [2.75, 3.05) is 7.11 Å². The Morgan fingerprint density at radius 3 is 2.19 bits per heavy atom. The highest BCUT2D eigenvalue weighted by Gasteiger charge is 2.31. The van der Waals surface area contributed by atoms with Gasteiger partial charge in [0.25, 0.3) is 5.91 Å². The maximum Gasteiger partial charge on any atom is 0.252 e. The minimum Gasteiger partial charge on any atom is -0.493 e. The van der Waals surface area contributed by atoms with E-state index in [0.29, 0.717) is 23.7 Å². The van der Waals surface area contributed by atoms with Gasteiger partial charge in [-0.15, -0.1) is 11.3 Å². The predicted molar refractivity (Wildman–Crippen MR) is 126 cm³/mol. The first-order valence-electron chi connectivity index (χ1n) is 10.2. The summed E-state index contributed by atoms with van der Waals surface area (Å²) in [5.41, 5.74) is 4.39. The number of hydrogen-bond donors (Lipinski definition) is 1. The zero-order valence-electron chi connectivity index (χ0n) is 17.9. The number of carbonyl (C=O) groups is 1. The van der Waals surface area contributed by atoms with Crippen LogP contribution in [0.3, 0.4) is 0 Å². The lowest BCUT2D eigenvalue weighted by Gasteiger charge is -2.32. The van der Waals surface area contributed by atoms with E-state index in [1.54, 1.807) is 30.8 Å². The molecule has 3 aromatic carbocycles. The molecule has 5 nitrogen and oxygen atoms in total. The SMILES string of the molecule is COc1cc(C(=O)NC(C)(c2ccccc2)c2ccccc2)ccc1OCc1cscn1. The summed E-state index contributed by atoms with van der Waals surface area (Å²) in [6.07, 6.45) is 0. The molecule has 0 fully saturated rings. The average Bonchev–Trinajstić information content (AvgIpc) is 3.37. The van der Waals surface area contributed by atoms with Crippen molar-refractivity contribution in [3.05, 3.63) is 112 Å². The number of hydrogen-bond acceptors (Lipinski definition) is 5. The Kier molecular flexibility index (Phi) is 6.52. The highest BCUT2D eigenvalue weighted by Crippen LogP contribution is 2.32. The van der Waals surface area contributed by atoms with E-state index in [0.717, 1.165) is 16.8 Å². The number of benzene rings is 3. The molecule has 4 aromatic rings. The fourth-order valence-corrected chi connectivity index (χ4v) is 4.08. The van der Waals surface area contributed by atoms with Crippen LogP contribution in [0.4, 0.5) is 0 Å². The van der Waals surface area contributed by atoms with E-state index < -0.39 is 5.54 Å². The number of nitrogens with one attached hydrogen (secondary N) is 1. The second kappa shape index (κ2) is 9.66. The Balaban J connectivity index is 1.59. The van der Waals surface area contributed by atoms with Crippen molar-refractivity contribution >= 4 is 17.2 Å². The van der Waals surface area contributed by atoms with E-state index in [1.807, 2.05) is 73.0 Å². The third-order valence-electron chi connectivity index (χ3n) is 5.35. The summed E-state index contributed by atoms with van der Waals surface area (Å²) in [5.74, 6) is 0.851. The third kappa shape index (κ3) is 4.65. The first-order chi connectivity index (χ1) is 15.6. The molecule has 1 amide bonds. The highest BCUT2D eigenvalue weighted by molar-refractivity contribution is 7.07. The van der Waals surface area contributed by atoms with E-state index in [2.05, 4.69) is 10.3 Å². The number of nitrogens with zero attached hydrogens (tertiary/aromatic N) is 1. The van der Waals surface area contributed by atoms with Gasteiger partial charge in [-0.25, -0.2) is 4.98 Å². The molecule has 162 valence electrons. The van der Waals surface area contributed by atoms with E-state index in [-0.39, 0.29) is 5.91 Å². The summed E-state index contributed by atoms with van der Waals surface area (Å²) >= 11 is 1.52. The molecule has 4 rings (SSSR count). The molecule has 0 aliphatic heterocycles. The average molecular weight is 445 g/mol. The molecule has 0 bridgehead atoms. The minimum absolute atomic E-state index is 0.204. The number of aromatic nitrogens is 1. The monoisotopic (exact) mass is 444 g/mol. The third-order valence-corrected chi connectivity index (χ3v) is 5.99. The second-order valence-corrected chi connectivity index (χ2v) is 8.16. The molecule has 0 radical (unpaired) electrons. The Morgan fingerprint density at radius 1 is 0.969 bits per heavy atom. The normalized spacial score (nSPS) is 11.1. The fourth-order valence-electron chi connectivity index (χ4n) is 3.54. The molecule has 0 unspecified atom stereocenters. The van der Waals surface area contributed by atoms with Crippen molar-refractivity contribution in [1.82, 2.24) is 10.3 Å². The van der Waals surface area contributed by atoms with Gasteiger partial charge in [0.1, 0.15) is 6.61 Å². The minimum atomic E-state index is -0.702. The maximum absolute atomic E-state index is 13.3. The van der Waals surface area contributed by atoms with Gasteiger partial charge in [-0.05, 0) is 36.2 Å². The summed E-state index contributed by atoms with van der Waals surface area (Å²) in [6, 6.07) is 25.1.